The Morgan fingerprint density at radius 3 is 2.59 bits per heavy atom. The van der Waals surface area contributed by atoms with E-state index in [0.717, 1.165) is 0 Å². The highest BCUT2D eigenvalue weighted by Crippen LogP contribution is 2.31. The maximum absolute atomic E-state index is 11.8. The number of hydrogen-bond donors (Lipinski definition) is 1. The van der Waals surface area contributed by atoms with Crippen LogP contribution in [0.1, 0.15) is 11.3 Å². The monoisotopic (exact) mass is 230 g/mol. The largest absolute Gasteiger partial charge is 0.508 e. The zero-order chi connectivity index (χ0) is 12.2. The average Bonchev–Trinajstić information content (AvgIpc) is 2.56. The van der Waals surface area contributed by atoms with E-state index in [-0.39, 0.29) is 5.75 Å². The van der Waals surface area contributed by atoms with Crippen LogP contribution in [0.4, 0.5) is 0 Å². The van der Waals surface area contributed by atoms with Crippen LogP contribution in [0.3, 0.4) is 0 Å². The summed E-state index contributed by atoms with van der Waals surface area (Å²) in [5.74, 6) is 0.653. The van der Waals surface area contributed by atoms with Crippen molar-refractivity contribution >= 4 is 21.9 Å². The highest BCUT2D eigenvalue weighted by atomic mass is 16.4. The molecule has 4 nitrogen and oxygen atoms in total. The lowest BCUT2D eigenvalue weighted by atomic mass is 10.1. The first-order chi connectivity index (χ1) is 8.06. The fourth-order valence-electron chi connectivity index (χ4n) is 1.98. The lowest BCUT2D eigenvalue weighted by Crippen LogP contribution is -1.98. The van der Waals surface area contributed by atoms with Crippen LogP contribution in [0, 0.1) is 13.8 Å². The van der Waals surface area contributed by atoms with Crippen LogP contribution in [0.15, 0.2) is 31.8 Å². The Morgan fingerprint density at radius 2 is 1.82 bits per heavy atom. The summed E-state index contributed by atoms with van der Waals surface area (Å²) in [6.07, 6.45) is 0. The topological polar surface area (TPSA) is 63.6 Å². The molecule has 0 spiro atoms. The molecule has 0 saturated carbocycles. The molecule has 0 radical (unpaired) electrons. The van der Waals surface area contributed by atoms with E-state index in [4.69, 9.17) is 8.83 Å². The minimum absolute atomic E-state index is 0.151. The molecule has 0 aliphatic rings. The number of fused-ring (bicyclic) bond motifs is 3. The van der Waals surface area contributed by atoms with E-state index in [1.165, 1.54) is 6.07 Å². The highest BCUT2D eigenvalue weighted by molar-refractivity contribution is 6.04. The Balaban J connectivity index is 2.60. The van der Waals surface area contributed by atoms with Crippen molar-refractivity contribution in [1.82, 2.24) is 0 Å². The van der Waals surface area contributed by atoms with Gasteiger partial charge in [-0.2, -0.15) is 0 Å². The number of furan rings is 1. The second-order valence-electron chi connectivity index (χ2n) is 4.12. The molecule has 2 heterocycles. The van der Waals surface area contributed by atoms with Gasteiger partial charge in [-0.05, 0) is 25.5 Å². The molecule has 0 fully saturated rings. The van der Waals surface area contributed by atoms with E-state index in [1.54, 1.807) is 26.0 Å². The van der Waals surface area contributed by atoms with Gasteiger partial charge in [-0.25, -0.2) is 4.79 Å². The number of benzene rings is 1. The number of aromatic hydroxyl groups is 1. The van der Waals surface area contributed by atoms with Crippen LogP contribution in [0.2, 0.25) is 0 Å². The van der Waals surface area contributed by atoms with E-state index in [0.29, 0.717) is 33.3 Å². The van der Waals surface area contributed by atoms with Crippen molar-refractivity contribution in [3.63, 3.8) is 0 Å². The van der Waals surface area contributed by atoms with Crippen LogP contribution in [-0.4, -0.2) is 5.11 Å². The van der Waals surface area contributed by atoms with Crippen LogP contribution in [0.25, 0.3) is 21.9 Å². The second-order valence-corrected chi connectivity index (χ2v) is 4.12. The average molecular weight is 230 g/mol. The lowest BCUT2D eigenvalue weighted by Gasteiger charge is -1.96. The Labute approximate surface area is 96.1 Å². The molecule has 17 heavy (non-hydrogen) atoms. The maximum atomic E-state index is 11.8. The molecule has 0 amide bonds. The van der Waals surface area contributed by atoms with Crippen molar-refractivity contribution in [3.05, 3.63) is 39.9 Å². The van der Waals surface area contributed by atoms with Crippen molar-refractivity contribution in [2.45, 2.75) is 13.8 Å². The van der Waals surface area contributed by atoms with E-state index in [1.807, 2.05) is 0 Å². The third-order valence-electron chi connectivity index (χ3n) is 2.83. The summed E-state index contributed by atoms with van der Waals surface area (Å²) < 4.78 is 10.6. The number of phenolic OH excluding ortho intramolecular Hbond substituents is 1. The lowest BCUT2D eigenvalue weighted by molar-refractivity contribution is 0.470. The van der Waals surface area contributed by atoms with Gasteiger partial charge in [0, 0.05) is 17.5 Å². The second kappa shape index (κ2) is 3.13. The first kappa shape index (κ1) is 9.96. The van der Waals surface area contributed by atoms with Gasteiger partial charge in [-0.15, -0.1) is 0 Å². The third kappa shape index (κ3) is 1.34. The summed E-state index contributed by atoms with van der Waals surface area (Å²) in [7, 11) is 0. The smallest absolute Gasteiger partial charge is 0.347 e. The van der Waals surface area contributed by atoms with Crippen molar-refractivity contribution < 1.29 is 13.9 Å². The van der Waals surface area contributed by atoms with E-state index >= 15 is 0 Å². The molecule has 0 bridgehead atoms. The molecule has 0 atom stereocenters. The number of aryl methyl sites for hydroxylation is 2. The Kier molecular flexibility index (Phi) is 1.84. The molecule has 0 unspecified atom stereocenters. The summed E-state index contributed by atoms with van der Waals surface area (Å²) in [5.41, 5.74) is 1.25. The summed E-state index contributed by atoms with van der Waals surface area (Å²) in [5, 5.41) is 10.7. The number of hydrogen-bond acceptors (Lipinski definition) is 4. The van der Waals surface area contributed by atoms with Crippen molar-refractivity contribution in [2.75, 3.05) is 0 Å². The SMILES string of the molecule is Cc1cc2oc3cc(O)c(C)cc3c2c(=O)o1. The predicted octanol–water partition coefficient (Wildman–Crippen LogP) is 2.86. The molecule has 0 aliphatic carbocycles. The molecule has 2 aromatic heterocycles. The predicted molar refractivity (Wildman–Crippen MR) is 63.4 cm³/mol. The van der Waals surface area contributed by atoms with Gasteiger partial charge < -0.3 is 13.9 Å². The molecular weight excluding hydrogens is 220 g/mol. The molecule has 86 valence electrons. The van der Waals surface area contributed by atoms with E-state index in [9.17, 15) is 9.90 Å². The summed E-state index contributed by atoms with van der Waals surface area (Å²) in [6.45, 7) is 3.46. The van der Waals surface area contributed by atoms with Crippen LogP contribution < -0.4 is 5.63 Å². The van der Waals surface area contributed by atoms with E-state index < -0.39 is 5.63 Å². The standard InChI is InChI=1S/C13H10O4/c1-6-3-8-10(5-9(6)14)17-11-4-7(2)16-13(15)12(8)11/h3-5,14H,1-2H3. The Hall–Kier alpha value is -2.23. The zero-order valence-electron chi connectivity index (χ0n) is 9.40. The summed E-state index contributed by atoms with van der Waals surface area (Å²) in [4.78, 5) is 11.8. The van der Waals surface area contributed by atoms with Gasteiger partial charge in [0.1, 0.15) is 28.1 Å². The van der Waals surface area contributed by atoms with Crippen LogP contribution >= 0.6 is 0 Å². The van der Waals surface area contributed by atoms with Gasteiger partial charge >= 0.3 is 5.63 Å². The van der Waals surface area contributed by atoms with Gasteiger partial charge in [-0.1, -0.05) is 0 Å². The van der Waals surface area contributed by atoms with Crippen molar-refractivity contribution in [2.24, 2.45) is 0 Å². The van der Waals surface area contributed by atoms with Gasteiger partial charge in [0.25, 0.3) is 0 Å². The molecule has 0 saturated heterocycles. The molecule has 4 heteroatoms. The van der Waals surface area contributed by atoms with Gasteiger partial charge in [0.15, 0.2) is 0 Å². The minimum Gasteiger partial charge on any atom is -0.508 e. The highest BCUT2D eigenvalue weighted by Gasteiger charge is 2.14. The van der Waals surface area contributed by atoms with Gasteiger partial charge in [0.2, 0.25) is 0 Å². The Bertz CT molecular complexity index is 792. The summed E-state index contributed by atoms with van der Waals surface area (Å²) in [6, 6.07) is 4.91. The summed E-state index contributed by atoms with van der Waals surface area (Å²) >= 11 is 0. The molecule has 1 aromatic carbocycles. The van der Waals surface area contributed by atoms with Gasteiger partial charge in [-0.3, -0.25) is 0 Å². The number of phenols is 1. The molecular formula is C13H10O4. The molecule has 3 aromatic rings. The van der Waals surface area contributed by atoms with Crippen LogP contribution in [0.5, 0.6) is 5.75 Å². The maximum Gasteiger partial charge on any atom is 0.347 e. The van der Waals surface area contributed by atoms with Gasteiger partial charge in [0.05, 0.1) is 0 Å². The fourth-order valence-corrected chi connectivity index (χ4v) is 1.98. The number of rotatable bonds is 0. The Morgan fingerprint density at radius 1 is 1.06 bits per heavy atom. The third-order valence-corrected chi connectivity index (χ3v) is 2.83. The normalized spacial score (nSPS) is 11.4. The van der Waals surface area contributed by atoms with Crippen molar-refractivity contribution in [1.29, 1.82) is 0 Å². The first-order valence-electron chi connectivity index (χ1n) is 5.23. The quantitative estimate of drug-likeness (QED) is 0.645. The minimum atomic E-state index is -0.413. The van der Waals surface area contributed by atoms with E-state index in [2.05, 4.69) is 0 Å². The molecule has 0 aliphatic heterocycles. The zero-order valence-corrected chi connectivity index (χ0v) is 9.40. The van der Waals surface area contributed by atoms with Crippen molar-refractivity contribution in [3.8, 4) is 5.75 Å². The van der Waals surface area contributed by atoms with Crippen LogP contribution in [-0.2, 0) is 0 Å². The first-order valence-corrected chi connectivity index (χ1v) is 5.23. The fraction of sp³-hybridized carbons (Fsp3) is 0.154. The molecule has 1 N–H and O–H groups in total. The molecule has 3 rings (SSSR count).